The molecule has 9 nitrogen and oxygen atoms in total. The second-order valence-electron chi connectivity index (χ2n) is 11.5. The Hall–Kier alpha value is -2.01. The van der Waals surface area contributed by atoms with Gasteiger partial charge >= 0.3 is 0 Å². The molecule has 3 atom stereocenters. The van der Waals surface area contributed by atoms with E-state index in [1.807, 2.05) is 0 Å². The van der Waals surface area contributed by atoms with Crippen LogP contribution >= 0.6 is 0 Å². The first-order valence-electron chi connectivity index (χ1n) is 13.9. The van der Waals surface area contributed by atoms with Crippen molar-refractivity contribution in [3.63, 3.8) is 0 Å². The number of rotatable bonds is 5. The number of piperidine rings is 3. The number of hydrogen-bond acceptors (Lipinski definition) is 6. The second kappa shape index (κ2) is 11.0. The zero-order valence-electron chi connectivity index (χ0n) is 22.1. The first-order chi connectivity index (χ1) is 17.7. The summed E-state index contributed by atoms with van der Waals surface area (Å²) in [6.45, 7) is 8.21. The van der Waals surface area contributed by atoms with Crippen molar-refractivity contribution in [1.29, 1.82) is 0 Å². The predicted octanol–water partition coefficient (Wildman–Crippen LogP) is 2.52. The fourth-order valence-corrected chi connectivity index (χ4v) is 8.22. The number of nitrogens with zero attached hydrogens (tertiary/aromatic N) is 3. The summed E-state index contributed by atoms with van der Waals surface area (Å²) in [5.74, 6) is 1.88. The Morgan fingerprint density at radius 2 is 1.57 bits per heavy atom. The minimum atomic E-state index is -3.56. The van der Waals surface area contributed by atoms with Gasteiger partial charge in [-0.15, -0.1) is 0 Å². The molecule has 4 aliphatic rings. The number of benzene rings is 1. The molecule has 4 fully saturated rings. The van der Waals surface area contributed by atoms with Gasteiger partial charge in [0.25, 0.3) is 0 Å². The molecule has 0 spiro atoms. The molecule has 2 amide bonds. The molecule has 1 aromatic carbocycles. The number of hydrogen-bond donors (Lipinski definition) is 2. The van der Waals surface area contributed by atoms with Crippen LogP contribution in [0.5, 0.6) is 0 Å². The first kappa shape index (κ1) is 26.6. The summed E-state index contributed by atoms with van der Waals surface area (Å²) < 4.78 is 28.1. The lowest BCUT2D eigenvalue weighted by atomic mass is 9.75. The maximum atomic E-state index is 13.4. The molecule has 204 valence electrons. The van der Waals surface area contributed by atoms with Gasteiger partial charge in [-0.25, -0.2) is 13.4 Å². The van der Waals surface area contributed by atoms with Crippen LogP contribution in [0, 0.1) is 23.7 Å². The highest BCUT2D eigenvalue weighted by atomic mass is 32.2. The fraction of sp³-hybridized carbons (Fsp3) is 0.704. The quantitative estimate of drug-likeness (QED) is 0.606. The Balaban J connectivity index is 1.17. The van der Waals surface area contributed by atoms with Crippen molar-refractivity contribution in [3.8, 4) is 0 Å². The molecule has 4 aliphatic heterocycles. The molecular formula is C27H41N5O4S. The van der Waals surface area contributed by atoms with Crippen LogP contribution in [0.4, 0.5) is 5.69 Å². The molecule has 37 heavy (non-hydrogen) atoms. The molecule has 0 aliphatic carbocycles. The molecule has 0 aromatic heterocycles. The molecule has 5 rings (SSSR count). The van der Waals surface area contributed by atoms with E-state index in [0.717, 1.165) is 64.7 Å². The minimum absolute atomic E-state index is 0.0251. The largest absolute Gasteiger partial charge is 0.342 e. The first-order valence-corrected chi connectivity index (χ1v) is 15.3. The molecule has 2 N–H and O–H groups in total. The summed E-state index contributed by atoms with van der Waals surface area (Å²) in [6, 6.07) is 6.64. The van der Waals surface area contributed by atoms with Gasteiger partial charge in [-0.05, 0) is 80.5 Å². The number of hydrazine groups is 1. The lowest BCUT2D eigenvalue weighted by Crippen LogP contribution is -2.50. The molecule has 4 saturated heterocycles. The van der Waals surface area contributed by atoms with Crippen LogP contribution in [0.2, 0.25) is 0 Å². The summed E-state index contributed by atoms with van der Waals surface area (Å²) in [6.07, 6.45) is 6.02. The van der Waals surface area contributed by atoms with Crippen molar-refractivity contribution >= 4 is 27.5 Å². The Kier molecular flexibility index (Phi) is 7.91. The number of amides is 2. The van der Waals surface area contributed by atoms with Crippen molar-refractivity contribution in [2.75, 3.05) is 44.6 Å². The van der Waals surface area contributed by atoms with E-state index in [1.165, 1.54) is 6.92 Å². The standard InChI is InChI=1S/C27H41N5O4S/c1-19-7-12-30(13-8-19)27(34)25-18-28-32-16-11-22(17-26(25)32)21-9-14-31(15-10-21)37(35,36)24-5-3-23(4-6-24)29-20(2)33/h3-6,19,21-22,25-26,28H,7-18H2,1-2H3,(H,29,33). The maximum Gasteiger partial charge on any atom is 0.243 e. The highest BCUT2D eigenvalue weighted by molar-refractivity contribution is 7.89. The van der Waals surface area contributed by atoms with Gasteiger partial charge in [0, 0.05) is 57.9 Å². The van der Waals surface area contributed by atoms with Crippen molar-refractivity contribution in [2.45, 2.75) is 63.3 Å². The molecular weight excluding hydrogens is 490 g/mol. The van der Waals surface area contributed by atoms with E-state index in [4.69, 9.17) is 0 Å². The number of fused-ring (bicyclic) bond motifs is 1. The minimum Gasteiger partial charge on any atom is -0.342 e. The van der Waals surface area contributed by atoms with Gasteiger partial charge in [-0.2, -0.15) is 4.31 Å². The van der Waals surface area contributed by atoms with Crippen LogP contribution in [-0.2, 0) is 19.6 Å². The molecule has 0 bridgehead atoms. The molecule has 0 radical (unpaired) electrons. The molecule has 0 saturated carbocycles. The number of likely N-dealkylation sites (tertiary alicyclic amines) is 1. The average molecular weight is 532 g/mol. The van der Waals surface area contributed by atoms with E-state index in [9.17, 15) is 18.0 Å². The third kappa shape index (κ3) is 5.72. The van der Waals surface area contributed by atoms with Gasteiger partial charge < -0.3 is 10.2 Å². The van der Waals surface area contributed by atoms with Crippen LogP contribution in [0.15, 0.2) is 29.2 Å². The SMILES string of the molecule is CC(=O)Nc1ccc(S(=O)(=O)N2CCC(C3CCN4NCC(C(=O)N5CCC(C)CC5)C4C3)CC2)cc1. The molecule has 4 heterocycles. The number of anilines is 1. The monoisotopic (exact) mass is 531 g/mol. The predicted molar refractivity (Wildman–Crippen MR) is 142 cm³/mol. The zero-order chi connectivity index (χ0) is 26.2. The summed E-state index contributed by atoms with van der Waals surface area (Å²) in [5, 5.41) is 4.97. The van der Waals surface area contributed by atoms with Crippen LogP contribution in [0.1, 0.15) is 52.4 Å². The normalized spacial score (nSPS) is 28.7. The lowest BCUT2D eigenvalue weighted by Gasteiger charge is -2.42. The van der Waals surface area contributed by atoms with E-state index >= 15 is 0 Å². The van der Waals surface area contributed by atoms with Crippen molar-refractivity contribution in [1.82, 2.24) is 19.6 Å². The van der Waals surface area contributed by atoms with Crippen molar-refractivity contribution in [2.24, 2.45) is 23.7 Å². The van der Waals surface area contributed by atoms with E-state index in [2.05, 4.69) is 27.6 Å². The Bertz CT molecular complexity index is 1080. The third-order valence-electron chi connectivity index (χ3n) is 9.05. The molecule has 3 unspecified atom stereocenters. The van der Waals surface area contributed by atoms with Crippen molar-refractivity contribution < 1.29 is 18.0 Å². The number of nitrogens with one attached hydrogen (secondary N) is 2. The van der Waals surface area contributed by atoms with Gasteiger partial charge in [0.15, 0.2) is 0 Å². The van der Waals surface area contributed by atoms with E-state index in [-0.39, 0.29) is 22.8 Å². The van der Waals surface area contributed by atoms with Gasteiger partial charge in [0.1, 0.15) is 0 Å². The highest BCUT2D eigenvalue weighted by Crippen LogP contribution is 2.39. The third-order valence-corrected chi connectivity index (χ3v) is 11.0. The van der Waals surface area contributed by atoms with Crippen LogP contribution in [0.3, 0.4) is 0 Å². The van der Waals surface area contributed by atoms with Gasteiger partial charge in [-0.3, -0.25) is 15.0 Å². The van der Waals surface area contributed by atoms with E-state index < -0.39 is 10.0 Å². The lowest BCUT2D eigenvalue weighted by molar-refractivity contribution is -0.137. The maximum absolute atomic E-state index is 13.4. The van der Waals surface area contributed by atoms with Crippen LogP contribution < -0.4 is 10.7 Å². The topological polar surface area (TPSA) is 102 Å². The molecule has 1 aromatic rings. The number of carbonyl (C=O) groups is 2. The smallest absolute Gasteiger partial charge is 0.243 e. The van der Waals surface area contributed by atoms with E-state index in [1.54, 1.807) is 28.6 Å². The highest BCUT2D eigenvalue weighted by Gasteiger charge is 2.45. The summed E-state index contributed by atoms with van der Waals surface area (Å²) in [5.41, 5.74) is 4.08. The van der Waals surface area contributed by atoms with Gasteiger partial charge in [0.05, 0.1) is 10.8 Å². The Labute approximate surface area is 221 Å². The number of carbonyl (C=O) groups excluding carboxylic acids is 2. The van der Waals surface area contributed by atoms with Crippen molar-refractivity contribution in [3.05, 3.63) is 24.3 Å². The zero-order valence-corrected chi connectivity index (χ0v) is 22.9. The number of sulfonamides is 1. The average Bonchev–Trinajstić information content (AvgIpc) is 3.32. The summed E-state index contributed by atoms with van der Waals surface area (Å²) >= 11 is 0. The Morgan fingerprint density at radius 1 is 0.919 bits per heavy atom. The van der Waals surface area contributed by atoms with Crippen LogP contribution in [-0.4, -0.2) is 79.8 Å². The summed E-state index contributed by atoms with van der Waals surface area (Å²) in [7, 11) is -3.56. The van der Waals surface area contributed by atoms with Crippen LogP contribution in [0.25, 0.3) is 0 Å². The van der Waals surface area contributed by atoms with Gasteiger partial charge in [-0.1, -0.05) is 6.92 Å². The molecule has 10 heteroatoms. The van der Waals surface area contributed by atoms with E-state index in [0.29, 0.717) is 42.4 Å². The second-order valence-corrected chi connectivity index (χ2v) is 13.4. The van der Waals surface area contributed by atoms with Gasteiger partial charge in [0.2, 0.25) is 21.8 Å². The Morgan fingerprint density at radius 3 is 2.22 bits per heavy atom. The summed E-state index contributed by atoms with van der Waals surface area (Å²) in [4.78, 5) is 27.0. The fourth-order valence-electron chi connectivity index (χ4n) is 6.75.